The Labute approximate surface area is 110 Å². The van der Waals surface area contributed by atoms with Crippen molar-refractivity contribution in [3.8, 4) is 0 Å². The minimum atomic E-state index is -3.69. The lowest BCUT2D eigenvalue weighted by molar-refractivity contribution is -0.119. The first kappa shape index (κ1) is 13.1. The molecule has 0 bridgehead atoms. The number of nitrogens with one attached hydrogen (secondary N) is 2. The van der Waals surface area contributed by atoms with Crippen LogP contribution in [0, 0.1) is 0 Å². The van der Waals surface area contributed by atoms with Crippen molar-refractivity contribution in [3.63, 3.8) is 0 Å². The monoisotopic (exact) mass is 289 g/mol. The summed E-state index contributed by atoms with van der Waals surface area (Å²) >= 11 is 5.73. The topological polar surface area (TPSA) is 101 Å². The van der Waals surface area contributed by atoms with Crippen LogP contribution in [0.1, 0.15) is 6.42 Å². The predicted molar refractivity (Wildman–Crippen MR) is 67.6 cm³/mol. The highest BCUT2D eigenvalue weighted by atomic mass is 35.5. The van der Waals surface area contributed by atoms with Gasteiger partial charge >= 0.3 is 0 Å². The van der Waals surface area contributed by atoms with Crippen molar-refractivity contribution < 1.29 is 13.2 Å². The molecule has 1 aliphatic rings. The zero-order valence-electron chi connectivity index (χ0n) is 9.31. The molecule has 1 amide bonds. The summed E-state index contributed by atoms with van der Waals surface area (Å²) < 4.78 is 26.5. The van der Waals surface area contributed by atoms with Gasteiger partial charge in [0.05, 0.1) is 15.6 Å². The first-order valence-corrected chi connectivity index (χ1v) is 7.08. The number of amides is 1. The summed E-state index contributed by atoms with van der Waals surface area (Å²) in [6.07, 6.45) is 0.141. The van der Waals surface area contributed by atoms with Crippen molar-refractivity contribution in [2.75, 3.05) is 12.3 Å². The SMILES string of the molecule is Nc1cc(S(=O)(=O)NC2CNC(=O)C2)ccc1Cl. The summed E-state index contributed by atoms with van der Waals surface area (Å²) in [5.41, 5.74) is 5.75. The Balaban J connectivity index is 2.20. The van der Waals surface area contributed by atoms with Crippen LogP contribution in [0.4, 0.5) is 5.69 Å². The summed E-state index contributed by atoms with van der Waals surface area (Å²) in [5.74, 6) is -0.168. The summed E-state index contributed by atoms with van der Waals surface area (Å²) in [4.78, 5) is 11.0. The molecule has 1 unspecified atom stereocenters. The van der Waals surface area contributed by atoms with E-state index in [-0.39, 0.29) is 22.9 Å². The molecule has 0 saturated carbocycles. The molecule has 1 atom stereocenters. The molecule has 0 aliphatic carbocycles. The van der Waals surface area contributed by atoms with Gasteiger partial charge in [0, 0.05) is 19.0 Å². The highest BCUT2D eigenvalue weighted by Crippen LogP contribution is 2.22. The van der Waals surface area contributed by atoms with Gasteiger partial charge in [0.15, 0.2) is 0 Å². The normalized spacial score (nSPS) is 19.8. The van der Waals surface area contributed by atoms with Crippen molar-refractivity contribution in [2.45, 2.75) is 17.4 Å². The van der Waals surface area contributed by atoms with Crippen LogP contribution in [-0.4, -0.2) is 26.9 Å². The maximum atomic E-state index is 12.0. The van der Waals surface area contributed by atoms with Crippen molar-refractivity contribution in [1.29, 1.82) is 0 Å². The fraction of sp³-hybridized carbons (Fsp3) is 0.300. The number of benzene rings is 1. The molecule has 4 N–H and O–H groups in total. The minimum absolute atomic E-state index is 0.0312. The molecule has 2 rings (SSSR count). The fourth-order valence-corrected chi connectivity index (χ4v) is 3.05. The Hall–Kier alpha value is -1.31. The molecule has 8 heteroatoms. The van der Waals surface area contributed by atoms with Crippen LogP contribution in [0.2, 0.25) is 5.02 Å². The van der Waals surface area contributed by atoms with Crippen LogP contribution in [0.5, 0.6) is 0 Å². The molecule has 6 nitrogen and oxygen atoms in total. The summed E-state index contributed by atoms with van der Waals surface area (Å²) in [6.45, 7) is 0.293. The van der Waals surface area contributed by atoms with Crippen LogP contribution >= 0.6 is 11.6 Å². The van der Waals surface area contributed by atoms with E-state index in [1.54, 1.807) is 0 Å². The highest BCUT2D eigenvalue weighted by molar-refractivity contribution is 7.89. The zero-order valence-corrected chi connectivity index (χ0v) is 10.9. The lowest BCUT2D eigenvalue weighted by atomic mass is 10.3. The zero-order chi connectivity index (χ0) is 13.3. The standard InChI is InChI=1S/C10H12ClN3O3S/c11-8-2-1-7(4-9(8)12)18(16,17)14-6-3-10(15)13-5-6/h1-2,4,6,14H,3,5,12H2,(H,13,15). The van der Waals surface area contributed by atoms with Gasteiger partial charge in [-0.1, -0.05) is 11.6 Å². The van der Waals surface area contributed by atoms with E-state index in [1.807, 2.05) is 0 Å². The number of sulfonamides is 1. The van der Waals surface area contributed by atoms with Crippen LogP contribution < -0.4 is 15.8 Å². The first-order chi connectivity index (χ1) is 8.38. The third-order valence-corrected chi connectivity index (χ3v) is 4.44. The maximum Gasteiger partial charge on any atom is 0.240 e. The quantitative estimate of drug-likeness (QED) is 0.686. The number of hydrogen-bond acceptors (Lipinski definition) is 4. The molecule has 1 heterocycles. The Morgan fingerprint density at radius 3 is 2.72 bits per heavy atom. The van der Waals surface area contributed by atoms with Gasteiger partial charge in [0.1, 0.15) is 0 Å². The smallest absolute Gasteiger partial charge is 0.240 e. The van der Waals surface area contributed by atoms with Crippen LogP contribution in [0.15, 0.2) is 23.1 Å². The van der Waals surface area contributed by atoms with E-state index in [0.29, 0.717) is 11.6 Å². The molecule has 1 fully saturated rings. The van der Waals surface area contributed by atoms with Crippen LogP contribution in [0.3, 0.4) is 0 Å². The maximum absolute atomic E-state index is 12.0. The average molecular weight is 290 g/mol. The number of halogens is 1. The van der Waals surface area contributed by atoms with E-state index < -0.39 is 16.1 Å². The van der Waals surface area contributed by atoms with E-state index in [4.69, 9.17) is 17.3 Å². The number of carbonyl (C=O) groups is 1. The third-order valence-electron chi connectivity index (χ3n) is 2.58. The first-order valence-electron chi connectivity index (χ1n) is 5.22. The summed E-state index contributed by atoms with van der Waals surface area (Å²) in [7, 11) is -3.69. The highest BCUT2D eigenvalue weighted by Gasteiger charge is 2.27. The largest absolute Gasteiger partial charge is 0.397 e. The van der Waals surface area contributed by atoms with Crippen molar-refractivity contribution >= 4 is 33.2 Å². The Morgan fingerprint density at radius 1 is 1.44 bits per heavy atom. The fourth-order valence-electron chi connectivity index (χ4n) is 1.66. The summed E-state index contributed by atoms with van der Waals surface area (Å²) in [5, 5.41) is 2.85. The number of carbonyl (C=O) groups excluding carboxylic acids is 1. The van der Waals surface area contributed by atoms with E-state index in [2.05, 4.69) is 10.0 Å². The second kappa shape index (κ2) is 4.75. The number of nitrogens with two attached hydrogens (primary N) is 1. The molecular formula is C10H12ClN3O3S. The van der Waals surface area contributed by atoms with Crippen LogP contribution in [-0.2, 0) is 14.8 Å². The van der Waals surface area contributed by atoms with Gasteiger partial charge < -0.3 is 11.1 Å². The molecule has 1 aromatic carbocycles. The van der Waals surface area contributed by atoms with Gasteiger partial charge in [-0.2, -0.15) is 0 Å². The molecule has 0 spiro atoms. The van der Waals surface area contributed by atoms with E-state index in [0.717, 1.165) is 0 Å². The molecule has 1 saturated heterocycles. The lowest BCUT2D eigenvalue weighted by Crippen LogP contribution is -2.36. The lowest BCUT2D eigenvalue weighted by Gasteiger charge is -2.11. The van der Waals surface area contributed by atoms with E-state index in [1.165, 1.54) is 18.2 Å². The van der Waals surface area contributed by atoms with E-state index in [9.17, 15) is 13.2 Å². The number of anilines is 1. The molecule has 98 valence electrons. The summed E-state index contributed by atoms with van der Waals surface area (Å²) in [6, 6.07) is 3.64. The van der Waals surface area contributed by atoms with Crippen molar-refractivity contribution in [2.24, 2.45) is 0 Å². The minimum Gasteiger partial charge on any atom is -0.397 e. The van der Waals surface area contributed by atoms with Crippen molar-refractivity contribution in [1.82, 2.24) is 10.0 Å². The van der Waals surface area contributed by atoms with Gasteiger partial charge in [0.2, 0.25) is 15.9 Å². The molecule has 0 aromatic heterocycles. The predicted octanol–water partition coefficient (Wildman–Crippen LogP) is 0.0890. The molecular weight excluding hydrogens is 278 g/mol. The Kier molecular flexibility index (Phi) is 3.47. The number of nitrogen functional groups attached to an aromatic ring is 1. The van der Waals surface area contributed by atoms with Gasteiger partial charge in [-0.25, -0.2) is 13.1 Å². The molecule has 1 aliphatic heterocycles. The van der Waals surface area contributed by atoms with Gasteiger partial charge in [-0.05, 0) is 18.2 Å². The molecule has 0 radical (unpaired) electrons. The van der Waals surface area contributed by atoms with E-state index >= 15 is 0 Å². The molecule has 18 heavy (non-hydrogen) atoms. The Morgan fingerprint density at radius 2 is 2.17 bits per heavy atom. The van der Waals surface area contributed by atoms with Crippen molar-refractivity contribution in [3.05, 3.63) is 23.2 Å². The number of rotatable bonds is 3. The number of hydrogen-bond donors (Lipinski definition) is 3. The van der Waals surface area contributed by atoms with Gasteiger partial charge in [-0.15, -0.1) is 0 Å². The third kappa shape index (κ3) is 2.74. The second-order valence-electron chi connectivity index (χ2n) is 4.01. The van der Waals surface area contributed by atoms with Crippen LogP contribution in [0.25, 0.3) is 0 Å². The molecule has 1 aromatic rings. The van der Waals surface area contributed by atoms with Gasteiger partial charge in [-0.3, -0.25) is 4.79 Å². The average Bonchev–Trinajstić information content (AvgIpc) is 2.67. The second-order valence-corrected chi connectivity index (χ2v) is 6.13. The van der Waals surface area contributed by atoms with Gasteiger partial charge in [0.25, 0.3) is 0 Å². The Bertz CT molecular complexity index is 588.